The van der Waals surface area contributed by atoms with Gasteiger partial charge in [0.2, 0.25) is 0 Å². The molecule has 2 aromatic rings. The van der Waals surface area contributed by atoms with Crippen LogP contribution in [0.15, 0.2) is 42.5 Å². The zero-order valence-electron chi connectivity index (χ0n) is 14.1. The van der Waals surface area contributed by atoms with Crippen molar-refractivity contribution < 1.29 is 9.72 Å². The predicted octanol–water partition coefficient (Wildman–Crippen LogP) is 4.00. The number of carbonyl (C=O) groups is 1. The molecule has 0 unspecified atom stereocenters. The van der Waals surface area contributed by atoms with Gasteiger partial charge in [0.15, 0.2) is 5.11 Å². The zero-order valence-corrected chi connectivity index (χ0v) is 15.6. The van der Waals surface area contributed by atoms with Gasteiger partial charge in [0.25, 0.3) is 11.6 Å². The number of nitro groups is 1. The number of halogens is 1. The molecule has 2 rings (SSSR count). The zero-order chi connectivity index (χ0) is 19.3. The SMILES string of the molecule is CC(C)c1ccc(NC(=S)NNC(=O)c2ccc(Cl)cc2[N+](=O)[O-])cc1. The molecule has 0 saturated heterocycles. The third kappa shape index (κ3) is 5.14. The summed E-state index contributed by atoms with van der Waals surface area (Å²) in [6.45, 7) is 4.19. The number of hydrazine groups is 1. The van der Waals surface area contributed by atoms with Crippen molar-refractivity contribution in [3.63, 3.8) is 0 Å². The largest absolute Gasteiger partial charge is 0.331 e. The summed E-state index contributed by atoms with van der Waals surface area (Å²) in [5.74, 6) is -0.281. The Morgan fingerprint density at radius 1 is 1.15 bits per heavy atom. The van der Waals surface area contributed by atoms with Crippen LogP contribution >= 0.6 is 23.8 Å². The second-order valence-corrected chi connectivity index (χ2v) is 6.57. The first-order chi connectivity index (χ1) is 12.3. The van der Waals surface area contributed by atoms with Crippen LogP contribution in [0.5, 0.6) is 0 Å². The summed E-state index contributed by atoms with van der Waals surface area (Å²) < 4.78 is 0. The van der Waals surface area contributed by atoms with Crippen molar-refractivity contribution in [2.24, 2.45) is 0 Å². The average Bonchev–Trinajstić information content (AvgIpc) is 2.60. The van der Waals surface area contributed by atoms with E-state index in [2.05, 4.69) is 30.0 Å². The van der Waals surface area contributed by atoms with Gasteiger partial charge in [0.05, 0.1) is 4.92 Å². The van der Waals surface area contributed by atoms with Crippen LogP contribution in [-0.4, -0.2) is 15.9 Å². The van der Waals surface area contributed by atoms with Gasteiger partial charge in [-0.3, -0.25) is 25.8 Å². The lowest BCUT2D eigenvalue weighted by Crippen LogP contribution is -2.43. The third-order valence-electron chi connectivity index (χ3n) is 3.53. The average molecular weight is 393 g/mol. The Morgan fingerprint density at radius 3 is 2.38 bits per heavy atom. The fraction of sp³-hybridized carbons (Fsp3) is 0.176. The maximum atomic E-state index is 12.1. The van der Waals surface area contributed by atoms with Crippen molar-refractivity contribution in [1.29, 1.82) is 0 Å². The highest BCUT2D eigenvalue weighted by molar-refractivity contribution is 7.80. The van der Waals surface area contributed by atoms with E-state index in [0.717, 1.165) is 11.8 Å². The van der Waals surface area contributed by atoms with E-state index in [4.69, 9.17) is 23.8 Å². The second kappa shape index (κ2) is 8.59. The standard InChI is InChI=1S/C17H17ClN4O3S/c1-10(2)11-3-6-13(7-4-11)19-17(26)21-20-16(23)14-8-5-12(18)9-15(14)22(24)25/h3-10H,1-2H3,(H,20,23)(H2,19,21,26). The van der Waals surface area contributed by atoms with Crippen LogP contribution in [0.1, 0.15) is 35.7 Å². The number of nitro benzene ring substituents is 1. The highest BCUT2D eigenvalue weighted by Crippen LogP contribution is 2.23. The number of nitrogens with one attached hydrogen (secondary N) is 3. The number of anilines is 1. The molecule has 0 fully saturated rings. The predicted molar refractivity (Wildman–Crippen MR) is 105 cm³/mol. The van der Waals surface area contributed by atoms with Crippen molar-refractivity contribution in [3.05, 3.63) is 68.7 Å². The Labute approximate surface area is 160 Å². The van der Waals surface area contributed by atoms with E-state index < -0.39 is 10.8 Å². The normalized spacial score (nSPS) is 10.3. The van der Waals surface area contributed by atoms with Gasteiger partial charge in [0.1, 0.15) is 5.56 Å². The van der Waals surface area contributed by atoms with Gasteiger partial charge in [-0.15, -0.1) is 0 Å². The van der Waals surface area contributed by atoms with Gasteiger partial charge in [-0.25, -0.2) is 0 Å². The van der Waals surface area contributed by atoms with E-state index in [9.17, 15) is 14.9 Å². The minimum absolute atomic E-state index is 0.129. The van der Waals surface area contributed by atoms with Gasteiger partial charge in [0, 0.05) is 16.8 Å². The molecular weight excluding hydrogens is 376 g/mol. The lowest BCUT2D eigenvalue weighted by molar-refractivity contribution is -0.385. The molecular formula is C17H17ClN4O3S. The van der Waals surface area contributed by atoms with Crippen molar-refractivity contribution in [1.82, 2.24) is 10.9 Å². The van der Waals surface area contributed by atoms with Crippen LogP contribution in [0.4, 0.5) is 11.4 Å². The van der Waals surface area contributed by atoms with E-state index in [-0.39, 0.29) is 21.4 Å². The smallest absolute Gasteiger partial charge is 0.283 e. The van der Waals surface area contributed by atoms with E-state index in [1.54, 1.807) is 0 Å². The highest BCUT2D eigenvalue weighted by Gasteiger charge is 2.20. The number of thiocarbonyl (C=S) groups is 1. The number of amides is 1. The minimum Gasteiger partial charge on any atom is -0.331 e. The molecule has 0 aromatic heterocycles. The first-order valence-electron chi connectivity index (χ1n) is 7.69. The summed E-state index contributed by atoms with van der Waals surface area (Å²) in [6.07, 6.45) is 0. The number of rotatable bonds is 4. The maximum absolute atomic E-state index is 12.1. The highest BCUT2D eigenvalue weighted by atomic mass is 35.5. The topological polar surface area (TPSA) is 96.3 Å². The summed E-state index contributed by atoms with van der Waals surface area (Å²) in [4.78, 5) is 22.5. The molecule has 0 aliphatic heterocycles. The summed E-state index contributed by atoms with van der Waals surface area (Å²) in [7, 11) is 0. The molecule has 1 amide bonds. The van der Waals surface area contributed by atoms with Crippen molar-refractivity contribution in [3.8, 4) is 0 Å². The third-order valence-corrected chi connectivity index (χ3v) is 3.97. The minimum atomic E-state index is -0.701. The number of hydrogen-bond donors (Lipinski definition) is 3. The Morgan fingerprint density at radius 2 is 1.81 bits per heavy atom. The molecule has 0 atom stereocenters. The van der Waals surface area contributed by atoms with E-state index in [1.165, 1.54) is 17.7 Å². The second-order valence-electron chi connectivity index (χ2n) is 5.73. The van der Waals surface area contributed by atoms with Crippen LogP contribution in [0, 0.1) is 10.1 Å². The van der Waals surface area contributed by atoms with E-state index >= 15 is 0 Å². The molecule has 0 radical (unpaired) electrons. The van der Waals surface area contributed by atoms with Crippen LogP contribution in [0.2, 0.25) is 5.02 Å². The molecule has 0 aliphatic rings. The lowest BCUT2D eigenvalue weighted by Gasteiger charge is -2.13. The number of benzene rings is 2. The number of nitrogens with zero attached hydrogens (tertiary/aromatic N) is 1. The van der Waals surface area contributed by atoms with Crippen LogP contribution < -0.4 is 16.2 Å². The van der Waals surface area contributed by atoms with Crippen molar-refractivity contribution in [2.75, 3.05) is 5.32 Å². The first kappa shape index (κ1) is 19.6. The summed E-state index contributed by atoms with van der Waals surface area (Å²) in [5, 5.41) is 14.3. The maximum Gasteiger partial charge on any atom is 0.283 e. The number of carbonyl (C=O) groups excluding carboxylic acids is 1. The quantitative estimate of drug-likeness (QED) is 0.413. The number of hydrogen-bond acceptors (Lipinski definition) is 4. The van der Waals surface area contributed by atoms with E-state index in [0.29, 0.717) is 5.92 Å². The Kier molecular flexibility index (Phi) is 6.48. The molecule has 26 heavy (non-hydrogen) atoms. The summed E-state index contributed by atoms with van der Waals surface area (Å²) in [5.41, 5.74) is 6.26. The van der Waals surface area contributed by atoms with Crippen molar-refractivity contribution in [2.45, 2.75) is 19.8 Å². The molecule has 136 valence electrons. The molecule has 0 heterocycles. The fourth-order valence-electron chi connectivity index (χ4n) is 2.14. The van der Waals surface area contributed by atoms with Gasteiger partial charge < -0.3 is 5.32 Å². The van der Waals surface area contributed by atoms with Gasteiger partial charge in [-0.05, 0) is 48.0 Å². The molecule has 3 N–H and O–H groups in total. The molecule has 9 heteroatoms. The molecule has 0 saturated carbocycles. The summed E-state index contributed by atoms with van der Waals surface area (Å²) in [6, 6.07) is 11.5. The molecule has 0 aliphatic carbocycles. The van der Waals surface area contributed by atoms with Gasteiger partial charge in [-0.2, -0.15) is 0 Å². The Balaban J connectivity index is 1.97. The molecule has 7 nitrogen and oxygen atoms in total. The van der Waals surface area contributed by atoms with Crippen LogP contribution in [-0.2, 0) is 0 Å². The fourth-order valence-corrected chi connectivity index (χ4v) is 2.48. The first-order valence-corrected chi connectivity index (χ1v) is 8.47. The van der Waals surface area contributed by atoms with Crippen LogP contribution in [0.3, 0.4) is 0 Å². The van der Waals surface area contributed by atoms with Gasteiger partial charge >= 0.3 is 0 Å². The summed E-state index contributed by atoms with van der Waals surface area (Å²) >= 11 is 10.8. The lowest BCUT2D eigenvalue weighted by atomic mass is 10.0. The molecule has 0 bridgehead atoms. The van der Waals surface area contributed by atoms with Crippen LogP contribution in [0.25, 0.3) is 0 Å². The molecule has 2 aromatic carbocycles. The molecule has 0 spiro atoms. The monoisotopic (exact) mass is 392 g/mol. The Hall–Kier alpha value is -2.71. The Bertz CT molecular complexity index is 840. The van der Waals surface area contributed by atoms with Gasteiger partial charge in [-0.1, -0.05) is 37.6 Å². The van der Waals surface area contributed by atoms with E-state index in [1.807, 2.05) is 24.3 Å². The van der Waals surface area contributed by atoms with Crippen molar-refractivity contribution >= 4 is 46.2 Å².